The first-order valence-corrected chi connectivity index (χ1v) is 5.27. The second-order valence-electron chi connectivity index (χ2n) is 3.45. The zero-order valence-corrected chi connectivity index (χ0v) is 9.78. The highest BCUT2D eigenvalue weighted by atomic mass is 35.5. The van der Waals surface area contributed by atoms with E-state index in [0.717, 1.165) is 5.39 Å². The molecule has 0 amide bonds. The molecule has 0 saturated heterocycles. The molecule has 4 nitrogen and oxygen atoms in total. The van der Waals surface area contributed by atoms with Gasteiger partial charge in [-0.05, 0) is 29.8 Å². The van der Waals surface area contributed by atoms with Gasteiger partial charge in [-0.15, -0.1) is 0 Å². The lowest BCUT2D eigenvalue weighted by atomic mass is 10.1. The quantitative estimate of drug-likeness (QED) is 0.620. The second-order valence-corrected chi connectivity index (χ2v) is 3.87. The highest BCUT2D eigenvalue weighted by Gasteiger charge is 2.13. The highest BCUT2D eigenvalue weighted by Crippen LogP contribution is 2.27. The van der Waals surface area contributed by atoms with Crippen molar-refractivity contribution in [2.45, 2.75) is 6.42 Å². The molecule has 0 aliphatic rings. The van der Waals surface area contributed by atoms with Gasteiger partial charge in [0, 0.05) is 17.0 Å². The molecule has 0 radical (unpaired) electrons. The number of carbonyl (C=O) groups excluding carboxylic acids is 1. The fourth-order valence-electron chi connectivity index (χ4n) is 1.67. The van der Waals surface area contributed by atoms with Crippen LogP contribution in [0.4, 0.5) is 0 Å². The van der Waals surface area contributed by atoms with E-state index >= 15 is 0 Å². The molecule has 0 saturated carbocycles. The van der Waals surface area contributed by atoms with Crippen molar-refractivity contribution in [3.63, 3.8) is 0 Å². The zero-order chi connectivity index (χ0) is 12.4. The summed E-state index contributed by atoms with van der Waals surface area (Å²) in [5, 5.41) is 0.181. The maximum atomic E-state index is 11.2. The van der Waals surface area contributed by atoms with Gasteiger partial charge in [-0.2, -0.15) is 0 Å². The molecule has 0 atom stereocenters. The first-order valence-electron chi connectivity index (χ1n) is 4.90. The van der Waals surface area contributed by atoms with Crippen LogP contribution in [0.3, 0.4) is 0 Å². The summed E-state index contributed by atoms with van der Waals surface area (Å²) in [6, 6.07) is 6.40. The Labute approximate surface area is 102 Å². The first-order chi connectivity index (χ1) is 8.11. The molecular formula is C12H9ClO4. The van der Waals surface area contributed by atoms with E-state index in [-0.39, 0.29) is 6.42 Å². The number of hydrogen-bond donors (Lipinski definition) is 0. The Balaban J connectivity index is 2.76. The monoisotopic (exact) mass is 252 g/mol. The lowest BCUT2D eigenvalue weighted by Crippen LogP contribution is -2.02. The Kier molecular flexibility index (Phi) is 3.15. The Hall–Kier alpha value is -1.81. The molecule has 2 aromatic rings. The summed E-state index contributed by atoms with van der Waals surface area (Å²) in [6.45, 7) is 0. The number of rotatable bonds is 3. The van der Waals surface area contributed by atoms with E-state index in [9.17, 15) is 9.59 Å². The third-order valence-electron chi connectivity index (χ3n) is 2.39. The van der Waals surface area contributed by atoms with Crippen LogP contribution in [-0.4, -0.2) is 12.4 Å². The second kappa shape index (κ2) is 4.59. The van der Waals surface area contributed by atoms with Gasteiger partial charge in [0.2, 0.25) is 5.24 Å². The van der Waals surface area contributed by atoms with Gasteiger partial charge >= 0.3 is 5.63 Å². The van der Waals surface area contributed by atoms with Gasteiger partial charge in [0.15, 0.2) is 0 Å². The third kappa shape index (κ3) is 2.31. The molecule has 0 spiro atoms. The molecule has 1 heterocycles. The van der Waals surface area contributed by atoms with Crippen LogP contribution in [0.2, 0.25) is 0 Å². The summed E-state index contributed by atoms with van der Waals surface area (Å²) in [5.74, 6) is 0.473. The fraction of sp³-hybridized carbons (Fsp3) is 0.167. The third-order valence-corrected chi connectivity index (χ3v) is 2.52. The zero-order valence-electron chi connectivity index (χ0n) is 9.03. The summed E-state index contributed by atoms with van der Waals surface area (Å²) >= 11 is 5.37. The number of benzene rings is 1. The van der Waals surface area contributed by atoms with Crippen LogP contribution in [0.1, 0.15) is 5.56 Å². The summed E-state index contributed by atoms with van der Waals surface area (Å²) < 4.78 is 10.2. The molecule has 0 fully saturated rings. The maximum Gasteiger partial charge on any atom is 0.336 e. The number of hydrogen-bond acceptors (Lipinski definition) is 4. The van der Waals surface area contributed by atoms with E-state index in [1.54, 1.807) is 18.2 Å². The van der Waals surface area contributed by atoms with Crippen LogP contribution in [0.15, 0.2) is 33.5 Å². The van der Waals surface area contributed by atoms with Crippen molar-refractivity contribution in [2.24, 2.45) is 0 Å². The molecule has 5 heteroatoms. The molecule has 0 bridgehead atoms. The van der Waals surface area contributed by atoms with Gasteiger partial charge in [0.25, 0.3) is 0 Å². The standard InChI is InChI=1S/C12H9ClO4/c1-16-9-4-2-7-3-5-11(15)17-12(7)8(9)6-10(13)14/h2-5H,6H2,1H3. The molecule has 17 heavy (non-hydrogen) atoms. The van der Waals surface area contributed by atoms with Crippen molar-refractivity contribution in [2.75, 3.05) is 7.11 Å². The maximum absolute atomic E-state index is 11.2. The molecule has 1 aromatic heterocycles. The van der Waals surface area contributed by atoms with Crippen molar-refractivity contribution in [1.82, 2.24) is 0 Å². The van der Waals surface area contributed by atoms with Crippen molar-refractivity contribution in [1.29, 1.82) is 0 Å². The van der Waals surface area contributed by atoms with E-state index < -0.39 is 10.9 Å². The van der Waals surface area contributed by atoms with Crippen LogP contribution in [0.25, 0.3) is 11.0 Å². The Morgan fingerprint density at radius 1 is 1.35 bits per heavy atom. The Bertz CT molecular complexity index is 630. The topological polar surface area (TPSA) is 56.5 Å². The molecule has 0 unspecified atom stereocenters. The van der Waals surface area contributed by atoms with E-state index in [2.05, 4.69) is 0 Å². The van der Waals surface area contributed by atoms with Crippen molar-refractivity contribution in [3.8, 4) is 5.75 Å². The predicted octanol–water partition coefficient (Wildman–Crippen LogP) is 2.11. The smallest absolute Gasteiger partial charge is 0.336 e. The number of fused-ring (bicyclic) bond motifs is 1. The average Bonchev–Trinajstić information content (AvgIpc) is 2.29. The van der Waals surface area contributed by atoms with Gasteiger partial charge < -0.3 is 9.15 Å². The molecule has 1 aromatic carbocycles. The Morgan fingerprint density at radius 2 is 2.06 bits per heavy atom. The van der Waals surface area contributed by atoms with Gasteiger partial charge in [0.1, 0.15) is 11.3 Å². The van der Waals surface area contributed by atoms with Crippen LogP contribution in [0.5, 0.6) is 5.75 Å². The molecule has 0 aliphatic heterocycles. The SMILES string of the molecule is COc1ccc2ccc(=O)oc2c1CC(=O)Cl. The molecule has 88 valence electrons. The van der Waals surface area contributed by atoms with Crippen LogP contribution < -0.4 is 10.4 Å². The van der Waals surface area contributed by atoms with Crippen LogP contribution in [-0.2, 0) is 11.2 Å². The highest BCUT2D eigenvalue weighted by molar-refractivity contribution is 6.63. The van der Waals surface area contributed by atoms with Crippen molar-refractivity contribution >= 4 is 27.8 Å². The lowest BCUT2D eigenvalue weighted by Gasteiger charge is -2.08. The predicted molar refractivity (Wildman–Crippen MR) is 63.6 cm³/mol. The fourth-order valence-corrected chi connectivity index (χ4v) is 1.80. The van der Waals surface area contributed by atoms with Gasteiger partial charge in [-0.25, -0.2) is 4.79 Å². The number of carbonyl (C=O) groups is 1. The van der Waals surface area contributed by atoms with Gasteiger partial charge in [-0.3, -0.25) is 4.79 Å². The van der Waals surface area contributed by atoms with Crippen molar-refractivity contribution < 1.29 is 13.9 Å². The Morgan fingerprint density at radius 3 is 2.71 bits per heavy atom. The molecule has 0 N–H and O–H groups in total. The average molecular weight is 253 g/mol. The van der Waals surface area contributed by atoms with Crippen LogP contribution >= 0.6 is 11.6 Å². The lowest BCUT2D eigenvalue weighted by molar-refractivity contribution is -0.111. The molecule has 2 rings (SSSR count). The van der Waals surface area contributed by atoms with Crippen molar-refractivity contribution in [3.05, 3.63) is 40.2 Å². The number of halogens is 1. The summed E-state index contributed by atoms with van der Waals surface area (Å²) in [4.78, 5) is 22.2. The van der Waals surface area contributed by atoms with E-state index in [4.69, 9.17) is 20.8 Å². The van der Waals surface area contributed by atoms with E-state index in [1.807, 2.05) is 0 Å². The minimum atomic E-state index is -0.540. The minimum absolute atomic E-state index is 0.0466. The first kappa shape index (κ1) is 11.7. The number of methoxy groups -OCH3 is 1. The molecular weight excluding hydrogens is 244 g/mol. The van der Waals surface area contributed by atoms with Gasteiger partial charge in [-0.1, -0.05) is 0 Å². The minimum Gasteiger partial charge on any atom is -0.496 e. The molecule has 0 aliphatic carbocycles. The van der Waals surface area contributed by atoms with Gasteiger partial charge in [0.05, 0.1) is 13.5 Å². The summed E-state index contributed by atoms with van der Waals surface area (Å²) in [5.41, 5.74) is 0.350. The summed E-state index contributed by atoms with van der Waals surface area (Å²) in [6.07, 6.45) is -0.0466. The largest absolute Gasteiger partial charge is 0.496 e. The summed E-state index contributed by atoms with van der Waals surface area (Å²) in [7, 11) is 1.48. The normalized spacial score (nSPS) is 10.5. The van der Waals surface area contributed by atoms with E-state index in [1.165, 1.54) is 13.2 Å². The van der Waals surface area contributed by atoms with Crippen LogP contribution in [0, 0.1) is 0 Å². The van der Waals surface area contributed by atoms with E-state index in [0.29, 0.717) is 16.9 Å². The number of ether oxygens (including phenoxy) is 1.